The van der Waals surface area contributed by atoms with E-state index in [4.69, 9.17) is 0 Å². The van der Waals surface area contributed by atoms with Crippen molar-refractivity contribution >= 4 is 17.5 Å². The van der Waals surface area contributed by atoms with Crippen LogP contribution in [0.4, 0.5) is 0 Å². The number of aryl methyl sites for hydroxylation is 1. The summed E-state index contributed by atoms with van der Waals surface area (Å²) < 4.78 is 1.74. The van der Waals surface area contributed by atoms with Gasteiger partial charge in [0.25, 0.3) is 0 Å². The Kier molecular flexibility index (Phi) is 3.41. The van der Waals surface area contributed by atoms with Crippen LogP contribution >= 0.6 is 11.8 Å². The molecule has 3 nitrogen and oxygen atoms in total. The zero-order valence-corrected chi connectivity index (χ0v) is 9.78. The molecule has 0 N–H and O–H groups in total. The van der Waals surface area contributed by atoms with Crippen LogP contribution < -0.4 is 0 Å². The number of ketones is 1. The van der Waals surface area contributed by atoms with Crippen LogP contribution in [0, 0.1) is 0 Å². The molecule has 16 heavy (non-hydrogen) atoms. The quantitative estimate of drug-likeness (QED) is 0.599. The van der Waals surface area contributed by atoms with Crippen molar-refractivity contribution in [3.05, 3.63) is 48.5 Å². The molecule has 0 saturated heterocycles. The smallest absolute Gasteiger partial charge is 0.208 e. The molecule has 0 unspecified atom stereocenters. The number of nitrogens with zero attached hydrogens (tertiary/aromatic N) is 2. The number of carbonyl (C=O) groups excluding carboxylic acids is 1. The molecule has 0 radical (unpaired) electrons. The van der Waals surface area contributed by atoms with E-state index in [0.29, 0.717) is 11.6 Å². The van der Waals surface area contributed by atoms with Crippen LogP contribution in [0.5, 0.6) is 0 Å². The highest BCUT2D eigenvalue weighted by atomic mass is 32.2. The number of hydrogen-bond donors (Lipinski definition) is 0. The normalized spacial score (nSPS) is 10.3. The van der Waals surface area contributed by atoms with E-state index >= 15 is 0 Å². The van der Waals surface area contributed by atoms with Gasteiger partial charge in [0.05, 0.1) is 5.75 Å². The maximum Gasteiger partial charge on any atom is 0.208 e. The van der Waals surface area contributed by atoms with Gasteiger partial charge < -0.3 is 4.57 Å². The lowest BCUT2D eigenvalue weighted by Gasteiger charge is -2.01. The molecule has 0 spiro atoms. The summed E-state index contributed by atoms with van der Waals surface area (Å²) in [7, 11) is 1.83. The Labute approximate surface area is 98.5 Å². The standard InChI is InChI=1S/C12H12N2OS/c1-14-8-7-13-12(14)11(15)9-16-10-5-3-2-4-6-10/h2-8H,9H2,1H3. The maximum atomic E-state index is 11.8. The summed E-state index contributed by atoms with van der Waals surface area (Å²) >= 11 is 1.53. The SMILES string of the molecule is Cn1ccnc1C(=O)CSc1ccccc1. The highest BCUT2D eigenvalue weighted by molar-refractivity contribution is 8.00. The number of rotatable bonds is 4. The number of Topliss-reactive ketones (excluding diaryl/α,β-unsaturated/α-hetero) is 1. The fourth-order valence-corrected chi connectivity index (χ4v) is 2.14. The van der Waals surface area contributed by atoms with Crippen molar-refractivity contribution < 1.29 is 4.79 Å². The minimum Gasteiger partial charge on any atom is -0.332 e. The molecule has 1 heterocycles. The van der Waals surface area contributed by atoms with E-state index < -0.39 is 0 Å². The first-order chi connectivity index (χ1) is 7.77. The monoisotopic (exact) mass is 232 g/mol. The number of hydrogen-bond acceptors (Lipinski definition) is 3. The molecule has 2 aromatic rings. The molecule has 1 aromatic carbocycles. The van der Waals surface area contributed by atoms with Crippen molar-refractivity contribution in [1.29, 1.82) is 0 Å². The molecule has 0 aliphatic carbocycles. The van der Waals surface area contributed by atoms with Crippen LogP contribution in [0.1, 0.15) is 10.6 Å². The Morgan fingerprint density at radius 3 is 2.75 bits per heavy atom. The van der Waals surface area contributed by atoms with Gasteiger partial charge in [-0.25, -0.2) is 4.98 Å². The number of aromatic nitrogens is 2. The number of benzene rings is 1. The third kappa shape index (κ3) is 2.52. The Bertz CT molecular complexity index is 479. The lowest BCUT2D eigenvalue weighted by Crippen LogP contribution is -2.09. The average molecular weight is 232 g/mol. The predicted molar refractivity (Wildman–Crippen MR) is 64.7 cm³/mol. The van der Waals surface area contributed by atoms with Crippen LogP contribution in [0.2, 0.25) is 0 Å². The number of carbonyl (C=O) groups is 1. The Morgan fingerprint density at radius 2 is 2.12 bits per heavy atom. The van der Waals surface area contributed by atoms with Gasteiger partial charge in [-0.3, -0.25) is 4.79 Å². The van der Waals surface area contributed by atoms with Crippen molar-refractivity contribution in [1.82, 2.24) is 9.55 Å². The first-order valence-electron chi connectivity index (χ1n) is 4.96. The van der Waals surface area contributed by atoms with Gasteiger partial charge >= 0.3 is 0 Å². The fourth-order valence-electron chi connectivity index (χ4n) is 1.36. The first kappa shape index (κ1) is 11.0. The zero-order chi connectivity index (χ0) is 11.4. The van der Waals surface area contributed by atoms with E-state index in [9.17, 15) is 4.79 Å². The van der Waals surface area contributed by atoms with Crippen LogP contribution in [0.15, 0.2) is 47.6 Å². The Hall–Kier alpha value is -1.55. The molecule has 0 fully saturated rings. The summed E-state index contributed by atoms with van der Waals surface area (Å²) in [5, 5.41) is 0. The van der Waals surface area contributed by atoms with E-state index in [1.807, 2.05) is 37.4 Å². The van der Waals surface area contributed by atoms with Gasteiger partial charge in [0.2, 0.25) is 5.78 Å². The number of thioether (sulfide) groups is 1. The summed E-state index contributed by atoms with van der Waals surface area (Å²) in [5.74, 6) is 0.999. The molecule has 0 aliphatic rings. The molecule has 4 heteroatoms. The van der Waals surface area contributed by atoms with Gasteiger partial charge in [-0.1, -0.05) is 18.2 Å². The van der Waals surface area contributed by atoms with Gasteiger partial charge in [-0.2, -0.15) is 0 Å². The van der Waals surface area contributed by atoms with Crippen LogP contribution in [-0.2, 0) is 7.05 Å². The summed E-state index contributed by atoms with van der Waals surface area (Å²) in [4.78, 5) is 16.9. The van der Waals surface area contributed by atoms with Gasteiger partial charge in [-0.15, -0.1) is 11.8 Å². The minimum absolute atomic E-state index is 0.0568. The third-order valence-corrected chi connectivity index (χ3v) is 3.20. The second-order valence-electron chi connectivity index (χ2n) is 3.39. The summed E-state index contributed by atoms with van der Waals surface area (Å²) in [5.41, 5.74) is 0. The van der Waals surface area contributed by atoms with Crippen molar-refractivity contribution in [2.45, 2.75) is 4.90 Å². The molecular formula is C12H12N2OS. The second kappa shape index (κ2) is 4.99. The topological polar surface area (TPSA) is 34.9 Å². The van der Waals surface area contributed by atoms with E-state index in [1.54, 1.807) is 17.0 Å². The zero-order valence-electron chi connectivity index (χ0n) is 8.96. The minimum atomic E-state index is 0.0568. The van der Waals surface area contributed by atoms with Gasteiger partial charge in [0, 0.05) is 24.3 Å². The van der Waals surface area contributed by atoms with E-state index in [1.165, 1.54) is 11.8 Å². The molecule has 1 aromatic heterocycles. The summed E-state index contributed by atoms with van der Waals surface area (Å²) in [6.45, 7) is 0. The van der Waals surface area contributed by atoms with Crippen molar-refractivity contribution in [2.24, 2.45) is 7.05 Å². The van der Waals surface area contributed by atoms with Gasteiger partial charge in [0.1, 0.15) is 0 Å². The molecule has 0 saturated carbocycles. The van der Waals surface area contributed by atoms with Crippen LogP contribution in [0.25, 0.3) is 0 Å². The summed E-state index contributed by atoms with van der Waals surface area (Å²) in [6.07, 6.45) is 3.42. The van der Waals surface area contributed by atoms with E-state index in [-0.39, 0.29) is 5.78 Å². The van der Waals surface area contributed by atoms with Gasteiger partial charge in [0.15, 0.2) is 5.82 Å². The second-order valence-corrected chi connectivity index (χ2v) is 4.44. The first-order valence-corrected chi connectivity index (χ1v) is 5.94. The highest BCUT2D eigenvalue weighted by Gasteiger charge is 2.10. The largest absolute Gasteiger partial charge is 0.332 e. The molecule has 82 valence electrons. The molecule has 0 atom stereocenters. The Balaban J connectivity index is 1.97. The average Bonchev–Trinajstić information content (AvgIpc) is 2.74. The third-order valence-electron chi connectivity index (χ3n) is 2.18. The fraction of sp³-hybridized carbons (Fsp3) is 0.167. The predicted octanol–water partition coefficient (Wildman–Crippen LogP) is 2.40. The van der Waals surface area contributed by atoms with Crippen LogP contribution in [-0.4, -0.2) is 21.1 Å². The lowest BCUT2D eigenvalue weighted by molar-refractivity contribution is 0.101. The molecule has 0 amide bonds. The van der Waals surface area contributed by atoms with Crippen molar-refractivity contribution in [3.8, 4) is 0 Å². The van der Waals surface area contributed by atoms with Crippen molar-refractivity contribution in [2.75, 3.05) is 5.75 Å². The molecule has 2 rings (SSSR count). The van der Waals surface area contributed by atoms with E-state index in [2.05, 4.69) is 4.98 Å². The van der Waals surface area contributed by atoms with Crippen LogP contribution in [0.3, 0.4) is 0 Å². The summed E-state index contributed by atoms with van der Waals surface area (Å²) in [6, 6.07) is 9.89. The lowest BCUT2D eigenvalue weighted by atomic mass is 10.4. The molecule has 0 bridgehead atoms. The molecular weight excluding hydrogens is 220 g/mol. The van der Waals surface area contributed by atoms with Crippen molar-refractivity contribution in [3.63, 3.8) is 0 Å². The highest BCUT2D eigenvalue weighted by Crippen LogP contribution is 2.17. The number of imidazole rings is 1. The Morgan fingerprint density at radius 1 is 1.38 bits per heavy atom. The van der Waals surface area contributed by atoms with E-state index in [0.717, 1.165) is 4.90 Å². The molecule has 0 aliphatic heterocycles. The maximum absolute atomic E-state index is 11.8. The van der Waals surface area contributed by atoms with Gasteiger partial charge in [-0.05, 0) is 12.1 Å².